The molecule has 6 nitrogen and oxygen atoms in total. The van der Waals surface area contributed by atoms with Gasteiger partial charge in [0.25, 0.3) is 15.9 Å². The van der Waals surface area contributed by atoms with Gasteiger partial charge in [-0.2, -0.15) is 4.31 Å². The first-order chi connectivity index (χ1) is 9.96. The smallest absolute Gasteiger partial charge is 0.269 e. The average Bonchev–Trinajstić information content (AvgIpc) is 2.81. The number of hydrogen-bond acceptors (Lipinski definition) is 5. The number of rotatable bonds is 2. The van der Waals surface area contributed by atoms with Crippen molar-refractivity contribution in [1.29, 1.82) is 0 Å². The van der Waals surface area contributed by atoms with Crippen LogP contribution in [0.15, 0.2) is 59.5 Å². The molecule has 0 radical (unpaired) electrons. The van der Waals surface area contributed by atoms with Crippen LogP contribution in [0.1, 0.15) is 0 Å². The minimum Gasteiger partial charge on any atom is -0.337 e. The monoisotopic (exact) mass is 305 g/mol. The standard InChI is InChI=1S/C14H11NO5S/c16-11-6-8-14(9-7-11)15(13(17)10-20-14)21(18,19)12-4-2-1-3-5-12/h1-9H,10H2. The van der Waals surface area contributed by atoms with E-state index in [1.54, 1.807) is 18.2 Å². The Balaban J connectivity index is 2.11. The molecule has 1 aromatic rings. The van der Waals surface area contributed by atoms with Crippen molar-refractivity contribution in [3.05, 3.63) is 54.6 Å². The lowest BCUT2D eigenvalue weighted by Gasteiger charge is -2.31. The zero-order valence-corrected chi connectivity index (χ0v) is 11.6. The molecule has 1 heterocycles. The van der Waals surface area contributed by atoms with E-state index in [4.69, 9.17) is 4.74 Å². The molecule has 1 aromatic carbocycles. The third-order valence-electron chi connectivity index (χ3n) is 3.23. The van der Waals surface area contributed by atoms with Gasteiger partial charge in [0, 0.05) is 0 Å². The maximum absolute atomic E-state index is 12.7. The molecule has 3 rings (SSSR count). The molecule has 0 aromatic heterocycles. The van der Waals surface area contributed by atoms with Crippen LogP contribution < -0.4 is 0 Å². The SMILES string of the molecule is O=C1C=CC2(C=C1)OCC(=O)N2S(=O)(=O)c1ccccc1. The average molecular weight is 305 g/mol. The normalized spacial score (nSPS) is 20.5. The summed E-state index contributed by atoms with van der Waals surface area (Å²) in [6.45, 7) is -0.366. The predicted octanol–water partition coefficient (Wildman–Crippen LogP) is 0.625. The Bertz CT molecular complexity index is 748. The lowest BCUT2D eigenvalue weighted by atomic mass is 10.1. The Kier molecular flexibility index (Phi) is 3.03. The number of amides is 1. The van der Waals surface area contributed by atoms with Crippen molar-refractivity contribution in [2.24, 2.45) is 0 Å². The van der Waals surface area contributed by atoms with Crippen molar-refractivity contribution in [2.75, 3.05) is 6.61 Å². The van der Waals surface area contributed by atoms with Gasteiger partial charge in [0.05, 0.1) is 4.90 Å². The number of carbonyl (C=O) groups is 2. The maximum atomic E-state index is 12.7. The van der Waals surface area contributed by atoms with Crippen LogP contribution in [0, 0.1) is 0 Å². The molecule has 1 amide bonds. The van der Waals surface area contributed by atoms with E-state index in [2.05, 4.69) is 0 Å². The molecular formula is C14H11NO5S. The fourth-order valence-corrected chi connectivity index (χ4v) is 3.84. The van der Waals surface area contributed by atoms with Gasteiger partial charge in [-0.1, -0.05) is 18.2 Å². The van der Waals surface area contributed by atoms with Crippen LogP contribution in [0.25, 0.3) is 0 Å². The zero-order valence-electron chi connectivity index (χ0n) is 10.8. The molecular weight excluding hydrogens is 294 g/mol. The van der Waals surface area contributed by atoms with Gasteiger partial charge in [-0.05, 0) is 36.4 Å². The van der Waals surface area contributed by atoms with Gasteiger partial charge in [-0.3, -0.25) is 9.59 Å². The number of benzene rings is 1. The molecule has 1 fully saturated rings. The molecule has 1 aliphatic carbocycles. The summed E-state index contributed by atoms with van der Waals surface area (Å²) in [6.07, 6.45) is 4.93. The van der Waals surface area contributed by atoms with Crippen LogP contribution in [0.5, 0.6) is 0 Å². The highest BCUT2D eigenvalue weighted by Crippen LogP contribution is 2.34. The molecule has 108 valence electrons. The van der Waals surface area contributed by atoms with Crippen LogP contribution in [-0.4, -0.2) is 36.7 Å². The Morgan fingerprint density at radius 2 is 1.67 bits per heavy atom. The van der Waals surface area contributed by atoms with Crippen molar-refractivity contribution in [3.8, 4) is 0 Å². The second-order valence-electron chi connectivity index (χ2n) is 4.59. The number of hydrogen-bond donors (Lipinski definition) is 0. The Labute approximate surface area is 121 Å². The Morgan fingerprint density at radius 3 is 2.29 bits per heavy atom. The molecule has 1 aliphatic heterocycles. The summed E-state index contributed by atoms with van der Waals surface area (Å²) in [6, 6.07) is 7.61. The summed E-state index contributed by atoms with van der Waals surface area (Å²) in [7, 11) is -4.07. The van der Waals surface area contributed by atoms with E-state index >= 15 is 0 Å². The summed E-state index contributed by atoms with van der Waals surface area (Å²) >= 11 is 0. The lowest BCUT2D eigenvalue weighted by molar-refractivity contribution is -0.124. The number of allylic oxidation sites excluding steroid dienone is 2. The van der Waals surface area contributed by atoms with E-state index in [1.165, 1.54) is 36.4 Å². The van der Waals surface area contributed by atoms with Crippen LogP contribution in [-0.2, 0) is 24.3 Å². The third kappa shape index (κ3) is 2.10. The van der Waals surface area contributed by atoms with Crippen molar-refractivity contribution >= 4 is 21.7 Å². The Hall–Kier alpha value is -2.25. The number of ketones is 1. The number of carbonyl (C=O) groups excluding carboxylic acids is 2. The van der Waals surface area contributed by atoms with Crippen molar-refractivity contribution in [1.82, 2.24) is 4.31 Å². The first-order valence-corrected chi connectivity index (χ1v) is 7.59. The van der Waals surface area contributed by atoms with Crippen molar-refractivity contribution < 1.29 is 22.7 Å². The van der Waals surface area contributed by atoms with E-state index in [1.807, 2.05) is 0 Å². The third-order valence-corrected chi connectivity index (χ3v) is 5.06. The highest BCUT2D eigenvalue weighted by Gasteiger charge is 2.51. The Morgan fingerprint density at radius 1 is 1.05 bits per heavy atom. The number of nitrogens with zero attached hydrogens (tertiary/aromatic N) is 1. The van der Waals surface area contributed by atoms with Crippen LogP contribution >= 0.6 is 0 Å². The van der Waals surface area contributed by atoms with Gasteiger partial charge in [0.15, 0.2) is 11.5 Å². The minimum atomic E-state index is -4.07. The highest BCUT2D eigenvalue weighted by molar-refractivity contribution is 7.89. The van der Waals surface area contributed by atoms with Gasteiger partial charge in [0.1, 0.15) is 6.61 Å². The largest absolute Gasteiger partial charge is 0.337 e. The molecule has 0 atom stereocenters. The van der Waals surface area contributed by atoms with Gasteiger partial charge < -0.3 is 4.74 Å². The van der Waals surface area contributed by atoms with Gasteiger partial charge in [-0.25, -0.2) is 8.42 Å². The molecule has 1 spiro atoms. The van der Waals surface area contributed by atoms with E-state index in [0.29, 0.717) is 4.31 Å². The van der Waals surface area contributed by atoms with Crippen LogP contribution in [0.2, 0.25) is 0 Å². The second-order valence-corrected chi connectivity index (χ2v) is 6.37. The lowest BCUT2D eigenvalue weighted by Crippen LogP contribution is -2.48. The number of ether oxygens (including phenoxy) is 1. The summed E-state index contributed by atoms with van der Waals surface area (Å²) in [5, 5.41) is 0. The van der Waals surface area contributed by atoms with E-state index < -0.39 is 21.7 Å². The number of sulfonamides is 1. The second kappa shape index (κ2) is 4.64. The van der Waals surface area contributed by atoms with Crippen LogP contribution in [0.3, 0.4) is 0 Å². The fourth-order valence-electron chi connectivity index (χ4n) is 2.26. The molecule has 0 N–H and O–H groups in total. The first-order valence-electron chi connectivity index (χ1n) is 6.15. The maximum Gasteiger partial charge on any atom is 0.269 e. The molecule has 0 bridgehead atoms. The highest BCUT2D eigenvalue weighted by atomic mass is 32.2. The van der Waals surface area contributed by atoms with Gasteiger partial charge in [-0.15, -0.1) is 0 Å². The van der Waals surface area contributed by atoms with E-state index in [0.717, 1.165) is 0 Å². The zero-order chi connectivity index (χ0) is 15.1. The summed E-state index contributed by atoms with van der Waals surface area (Å²) < 4.78 is 31.4. The topological polar surface area (TPSA) is 80.8 Å². The summed E-state index contributed by atoms with van der Waals surface area (Å²) in [4.78, 5) is 23.2. The van der Waals surface area contributed by atoms with E-state index in [-0.39, 0.29) is 17.3 Å². The quantitative estimate of drug-likeness (QED) is 0.800. The predicted molar refractivity (Wildman–Crippen MR) is 72.4 cm³/mol. The molecule has 0 saturated carbocycles. The molecule has 0 unspecified atom stereocenters. The van der Waals surface area contributed by atoms with Gasteiger partial charge in [0.2, 0.25) is 0 Å². The first kappa shape index (κ1) is 13.7. The molecule has 7 heteroatoms. The molecule has 2 aliphatic rings. The van der Waals surface area contributed by atoms with Crippen LogP contribution in [0.4, 0.5) is 0 Å². The fraction of sp³-hybridized carbons (Fsp3) is 0.143. The van der Waals surface area contributed by atoms with E-state index in [9.17, 15) is 18.0 Å². The summed E-state index contributed by atoms with van der Waals surface area (Å²) in [5.41, 5.74) is -1.56. The molecule has 1 saturated heterocycles. The van der Waals surface area contributed by atoms with Crippen molar-refractivity contribution in [2.45, 2.75) is 10.6 Å². The summed E-state index contributed by atoms with van der Waals surface area (Å²) in [5.74, 6) is -0.969. The van der Waals surface area contributed by atoms with Gasteiger partial charge >= 0.3 is 0 Å². The minimum absolute atomic E-state index is 0.0121. The van der Waals surface area contributed by atoms with Crippen molar-refractivity contribution in [3.63, 3.8) is 0 Å². The molecule has 21 heavy (non-hydrogen) atoms.